The summed E-state index contributed by atoms with van der Waals surface area (Å²) in [5.74, 6) is 0.461. The van der Waals surface area contributed by atoms with Crippen LogP contribution in [0.2, 0.25) is 0 Å². The van der Waals surface area contributed by atoms with E-state index in [9.17, 15) is 4.79 Å². The number of rotatable bonds is 6. The van der Waals surface area contributed by atoms with Crippen molar-refractivity contribution in [2.75, 3.05) is 5.32 Å². The number of aromatic nitrogens is 1. The van der Waals surface area contributed by atoms with Gasteiger partial charge in [0.1, 0.15) is 0 Å². The topological polar surface area (TPSA) is 56.8 Å². The van der Waals surface area contributed by atoms with E-state index in [0.29, 0.717) is 17.2 Å². The predicted molar refractivity (Wildman–Crippen MR) is 94.5 cm³/mol. The maximum Gasteiger partial charge on any atom is 0.293 e. The summed E-state index contributed by atoms with van der Waals surface area (Å²) >= 11 is 0. The second kappa shape index (κ2) is 8.26. The molecule has 0 saturated heterocycles. The Hall–Kier alpha value is -2.67. The number of carbonyl (C=O) groups excluding carboxylic acids is 1. The summed E-state index contributed by atoms with van der Waals surface area (Å²) in [4.78, 5) is 12.4. The highest BCUT2D eigenvalue weighted by Gasteiger charge is 2.22. The average molecular weight is 322 g/mol. The highest BCUT2D eigenvalue weighted by atomic mass is 16.2. The van der Waals surface area contributed by atoms with E-state index < -0.39 is 0 Å². The minimum absolute atomic E-state index is 0.106. The monoisotopic (exact) mass is 322 g/mol. The molecule has 0 aliphatic carbocycles. The number of amides is 1. The first kappa shape index (κ1) is 17.7. The number of hydrogen-bond donors (Lipinski definition) is 1. The summed E-state index contributed by atoms with van der Waals surface area (Å²) in [5, 5.41) is 11.8. The maximum atomic E-state index is 12.4. The van der Waals surface area contributed by atoms with Crippen LogP contribution in [-0.2, 0) is 4.79 Å². The number of carbonyl (C=O) groups is 1. The van der Waals surface area contributed by atoms with Crippen molar-refractivity contribution in [3.63, 3.8) is 0 Å². The van der Waals surface area contributed by atoms with Gasteiger partial charge >= 0.3 is 0 Å². The van der Waals surface area contributed by atoms with Gasteiger partial charge < -0.3 is 5.32 Å². The Morgan fingerprint density at radius 3 is 2.46 bits per heavy atom. The molecule has 1 amide bonds. The van der Waals surface area contributed by atoms with Crippen LogP contribution < -0.4 is 9.88 Å². The van der Waals surface area contributed by atoms with Crippen LogP contribution in [0, 0.1) is 11.3 Å². The third-order valence-electron chi connectivity index (χ3n) is 4.42. The Balaban J connectivity index is 2.08. The van der Waals surface area contributed by atoms with E-state index in [2.05, 4.69) is 37.4 Å². The van der Waals surface area contributed by atoms with Crippen molar-refractivity contribution in [3.05, 3.63) is 59.9 Å². The summed E-state index contributed by atoms with van der Waals surface area (Å²) in [6, 6.07) is 12.9. The van der Waals surface area contributed by atoms with Gasteiger partial charge in [0, 0.05) is 24.7 Å². The third-order valence-corrected chi connectivity index (χ3v) is 4.42. The molecule has 1 aromatic heterocycles. The zero-order valence-corrected chi connectivity index (χ0v) is 14.5. The highest BCUT2D eigenvalue weighted by Crippen LogP contribution is 2.21. The van der Waals surface area contributed by atoms with Crippen LogP contribution in [0.5, 0.6) is 0 Å². The van der Waals surface area contributed by atoms with E-state index in [1.165, 1.54) is 5.56 Å². The molecule has 1 atom stereocenters. The molecule has 2 rings (SSSR count). The van der Waals surface area contributed by atoms with Crippen LogP contribution >= 0.6 is 0 Å². The fourth-order valence-electron chi connectivity index (χ4n) is 2.79. The average Bonchev–Trinajstić information content (AvgIpc) is 2.63. The molecule has 0 aliphatic heterocycles. The predicted octanol–water partition coefficient (Wildman–Crippen LogP) is 3.95. The molecule has 0 aliphatic rings. The normalized spacial score (nSPS) is 11.8. The number of nitrogens with one attached hydrogen (secondary N) is 1. The molecule has 24 heavy (non-hydrogen) atoms. The van der Waals surface area contributed by atoms with Gasteiger partial charge in [0.2, 0.25) is 6.04 Å². The van der Waals surface area contributed by atoms with Crippen LogP contribution in [0.1, 0.15) is 56.7 Å². The highest BCUT2D eigenvalue weighted by molar-refractivity contribution is 5.92. The molecule has 1 N–H and O–H groups in total. The van der Waals surface area contributed by atoms with E-state index in [1.807, 2.05) is 23.9 Å². The summed E-state index contributed by atoms with van der Waals surface area (Å²) < 4.78 is 1.90. The number of nitrogens with zero attached hydrogens (tertiary/aromatic N) is 2. The zero-order valence-electron chi connectivity index (χ0n) is 14.5. The molecular formula is C20H24N3O+. The molecule has 1 aromatic carbocycles. The van der Waals surface area contributed by atoms with Crippen molar-refractivity contribution < 1.29 is 9.36 Å². The number of anilines is 1. The van der Waals surface area contributed by atoms with Gasteiger partial charge in [-0.2, -0.15) is 9.83 Å². The molecule has 0 bridgehead atoms. The minimum Gasteiger partial charge on any atom is -0.320 e. The Kier molecular flexibility index (Phi) is 6.08. The lowest BCUT2D eigenvalue weighted by molar-refractivity contribution is -0.705. The molecule has 0 spiro atoms. The van der Waals surface area contributed by atoms with Crippen molar-refractivity contribution in [1.82, 2.24) is 0 Å². The van der Waals surface area contributed by atoms with Gasteiger partial charge in [-0.25, -0.2) is 0 Å². The van der Waals surface area contributed by atoms with E-state index in [-0.39, 0.29) is 11.9 Å². The lowest BCUT2D eigenvalue weighted by Gasteiger charge is -2.13. The zero-order chi connectivity index (χ0) is 17.5. The van der Waals surface area contributed by atoms with E-state index >= 15 is 0 Å². The van der Waals surface area contributed by atoms with Crippen LogP contribution in [-0.4, -0.2) is 5.91 Å². The van der Waals surface area contributed by atoms with Gasteiger partial charge in [0.25, 0.3) is 5.91 Å². The van der Waals surface area contributed by atoms with E-state index in [4.69, 9.17) is 5.26 Å². The molecule has 0 fully saturated rings. The molecule has 0 saturated carbocycles. The number of benzene rings is 1. The second-order valence-corrected chi connectivity index (χ2v) is 5.95. The van der Waals surface area contributed by atoms with Gasteiger partial charge in [-0.15, -0.1) is 0 Å². The molecule has 0 unspecified atom stereocenters. The summed E-state index contributed by atoms with van der Waals surface area (Å²) in [6.07, 6.45) is 6.16. The Labute approximate surface area is 143 Å². The lowest BCUT2D eigenvalue weighted by atomic mass is 9.95. The van der Waals surface area contributed by atoms with Crippen molar-refractivity contribution in [1.29, 1.82) is 5.26 Å². The quantitative estimate of drug-likeness (QED) is 0.819. The van der Waals surface area contributed by atoms with E-state index in [1.54, 1.807) is 24.3 Å². The summed E-state index contributed by atoms with van der Waals surface area (Å²) in [7, 11) is 0. The molecule has 0 radical (unpaired) electrons. The second-order valence-electron chi connectivity index (χ2n) is 5.95. The number of hydrogen-bond acceptors (Lipinski definition) is 2. The number of pyridine rings is 1. The molecule has 4 heteroatoms. The van der Waals surface area contributed by atoms with Crippen LogP contribution in [0.3, 0.4) is 0 Å². The molecule has 2 aromatic rings. The SMILES string of the molecule is CCC(CC)c1cc[n+]([C@H](C)C(=O)Nc2cccc(C#N)c2)cc1. The van der Waals surface area contributed by atoms with Crippen molar-refractivity contribution >= 4 is 11.6 Å². The molecule has 1 heterocycles. The largest absolute Gasteiger partial charge is 0.320 e. The van der Waals surface area contributed by atoms with Crippen molar-refractivity contribution in [2.24, 2.45) is 0 Å². The Morgan fingerprint density at radius 2 is 1.88 bits per heavy atom. The minimum atomic E-state index is -0.327. The fourth-order valence-corrected chi connectivity index (χ4v) is 2.79. The molecule has 4 nitrogen and oxygen atoms in total. The first-order valence-corrected chi connectivity index (χ1v) is 8.40. The summed E-state index contributed by atoms with van der Waals surface area (Å²) in [5.41, 5.74) is 2.48. The van der Waals surface area contributed by atoms with Crippen molar-refractivity contribution in [3.8, 4) is 6.07 Å². The van der Waals surface area contributed by atoms with Crippen LogP contribution in [0.25, 0.3) is 0 Å². The first-order chi connectivity index (χ1) is 11.6. The standard InChI is InChI=1S/C20H23N3O/c1-4-17(5-2)18-9-11-23(12-10-18)15(3)20(24)22-19-8-6-7-16(13-19)14-21/h6-13,15,17H,4-5H2,1-3H3/p+1/t15-/m1/s1. The van der Waals surface area contributed by atoms with Crippen molar-refractivity contribution in [2.45, 2.75) is 45.6 Å². The van der Waals surface area contributed by atoms with E-state index in [0.717, 1.165) is 12.8 Å². The maximum absolute atomic E-state index is 12.4. The van der Waals surface area contributed by atoms with Crippen LogP contribution in [0.4, 0.5) is 5.69 Å². The van der Waals surface area contributed by atoms with Gasteiger partial charge in [-0.1, -0.05) is 19.9 Å². The summed E-state index contributed by atoms with van der Waals surface area (Å²) in [6.45, 7) is 6.25. The smallest absolute Gasteiger partial charge is 0.293 e. The lowest BCUT2D eigenvalue weighted by Crippen LogP contribution is -2.44. The van der Waals surface area contributed by atoms with Gasteiger partial charge in [0.15, 0.2) is 12.4 Å². The Bertz CT molecular complexity index is 727. The number of nitriles is 1. The van der Waals surface area contributed by atoms with Gasteiger partial charge in [-0.3, -0.25) is 4.79 Å². The third kappa shape index (κ3) is 4.20. The molecule has 124 valence electrons. The Morgan fingerprint density at radius 1 is 1.21 bits per heavy atom. The van der Waals surface area contributed by atoms with Gasteiger partial charge in [-0.05, 0) is 42.5 Å². The van der Waals surface area contributed by atoms with Crippen LogP contribution in [0.15, 0.2) is 48.8 Å². The fraction of sp³-hybridized carbons (Fsp3) is 0.350. The molecular weight excluding hydrogens is 298 g/mol. The van der Waals surface area contributed by atoms with Gasteiger partial charge in [0.05, 0.1) is 11.6 Å². The first-order valence-electron chi connectivity index (χ1n) is 8.40.